The van der Waals surface area contributed by atoms with E-state index in [0.29, 0.717) is 5.41 Å². The van der Waals surface area contributed by atoms with Gasteiger partial charge in [-0.2, -0.15) is 0 Å². The van der Waals surface area contributed by atoms with Gasteiger partial charge in [0.05, 0.1) is 0 Å². The van der Waals surface area contributed by atoms with Gasteiger partial charge in [-0.25, -0.2) is 0 Å². The molecule has 0 heteroatoms. The van der Waals surface area contributed by atoms with Gasteiger partial charge in [0, 0.05) is 0 Å². The Morgan fingerprint density at radius 3 is 0.794 bits per heavy atom. The van der Waals surface area contributed by atoms with Crippen LogP contribution in [0.1, 0.15) is 425 Å². The number of aryl methyl sites for hydroxylation is 9. The number of hydrogen-bond donors (Lipinski definition) is 0. The summed E-state index contributed by atoms with van der Waals surface area (Å²) in [5.41, 5.74) is 20.1. The summed E-state index contributed by atoms with van der Waals surface area (Å²) in [7, 11) is 0. The molecular weight excluding hydrogens is 1290 g/mol. The van der Waals surface area contributed by atoms with Gasteiger partial charge in [-0.1, -0.05) is 459 Å². The summed E-state index contributed by atoms with van der Waals surface area (Å²) >= 11 is 0. The second-order valence-corrected chi connectivity index (χ2v) is 32.7. The summed E-state index contributed by atoms with van der Waals surface area (Å²) in [6, 6.07) is 48.8. The fraction of sp³-hybridized carbons (Fsp3) is 0.664. The van der Waals surface area contributed by atoms with Crippen LogP contribution in [0, 0.1) is 89.4 Å². The van der Waals surface area contributed by atoms with Gasteiger partial charge in [-0.05, 0) is 221 Å². The monoisotopic (exact) mass is 1480 g/mol. The Kier molecular flexibility index (Phi) is 74.5. The minimum atomic E-state index is 0. The largest absolute Gasteiger partial charge is 0.0776 e. The molecule has 3 saturated carbocycles. The smallest absolute Gasteiger partial charge is 0.00256 e. The van der Waals surface area contributed by atoms with Crippen molar-refractivity contribution < 1.29 is 0 Å². The molecule has 0 nitrogen and oxygen atoms in total. The van der Waals surface area contributed by atoms with E-state index in [1.807, 2.05) is 0 Å². The van der Waals surface area contributed by atoms with E-state index in [1.165, 1.54) is 290 Å². The zero-order chi connectivity index (χ0) is 73.8. The fourth-order valence-electron chi connectivity index (χ4n) is 14.5. The molecule has 6 aromatic rings. The lowest BCUT2D eigenvalue weighted by molar-refractivity contribution is 0.0421. The second-order valence-electron chi connectivity index (χ2n) is 32.7. The summed E-state index contributed by atoms with van der Waals surface area (Å²) in [5, 5.41) is 0. The lowest BCUT2D eigenvalue weighted by Gasteiger charge is -2.46. The van der Waals surface area contributed by atoms with E-state index in [2.05, 4.69) is 272 Å². The van der Waals surface area contributed by atoms with E-state index in [0.717, 1.165) is 61.2 Å². The summed E-state index contributed by atoms with van der Waals surface area (Å²) in [4.78, 5) is 0. The molecule has 3 aliphatic rings. The Morgan fingerprint density at radius 2 is 0.523 bits per heavy atom. The van der Waals surface area contributed by atoms with Crippen molar-refractivity contribution in [1.29, 1.82) is 0 Å². The SMILES string of the molecule is C.C.C.C.C.C.C.CC1CCC(C(C)(C)C2CCC(C)CC2)CC1.CCCC.CCCCCCCC.CCCCCCCCCCCCCC.CCc1cccc(CC)c1.Cc1ccc(CC2CCC(C)CC2)cc1.Cc1ccc(Cc2ccc(C)c(C)c2)cc1C.Cc1ccc(Cc2ccc(C)cc2)cc1. The van der Waals surface area contributed by atoms with Gasteiger partial charge in [-0.3, -0.25) is 0 Å². The van der Waals surface area contributed by atoms with Gasteiger partial charge < -0.3 is 0 Å². The Bertz CT molecular complexity index is 2680. The zero-order valence-electron chi connectivity index (χ0n) is 69.8. The molecule has 0 aliphatic heterocycles. The van der Waals surface area contributed by atoms with Crippen LogP contribution in [0.2, 0.25) is 0 Å². The van der Waals surface area contributed by atoms with Crippen LogP contribution >= 0.6 is 0 Å². The van der Waals surface area contributed by atoms with E-state index in [1.54, 1.807) is 0 Å². The van der Waals surface area contributed by atoms with Gasteiger partial charge in [0.1, 0.15) is 0 Å². The first-order chi connectivity index (χ1) is 48.1. The molecule has 0 aromatic heterocycles. The summed E-state index contributed by atoms with van der Waals surface area (Å²) in [6.07, 6.45) is 51.9. The van der Waals surface area contributed by atoms with Gasteiger partial charge in [0.25, 0.3) is 0 Å². The third-order valence-corrected chi connectivity index (χ3v) is 22.8. The maximum atomic E-state index is 2.58. The first-order valence-corrected chi connectivity index (χ1v) is 42.5. The van der Waals surface area contributed by atoms with Crippen molar-refractivity contribution in [3.8, 4) is 0 Å². The molecule has 0 spiro atoms. The molecule has 3 fully saturated rings. The molecule has 0 N–H and O–H groups in total. The van der Waals surface area contributed by atoms with Crippen molar-refractivity contribution in [3.63, 3.8) is 0 Å². The molecule has 0 amide bonds. The van der Waals surface area contributed by atoms with Crippen LogP contribution in [0.4, 0.5) is 0 Å². The zero-order valence-corrected chi connectivity index (χ0v) is 69.8. The number of unbranched alkanes of at least 4 members (excludes halogenated alkanes) is 17. The van der Waals surface area contributed by atoms with Crippen LogP contribution in [-0.2, 0) is 32.1 Å². The summed E-state index contributed by atoms with van der Waals surface area (Å²) in [5.74, 6) is 5.93. The average molecular weight is 1480 g/mol. The van der Waals surface area contributed by atoms with E-state index in [-0.39, 0.29) is 52.0 Å². The Morgan fingerprint density at radius 1 is 0.262 bits per heavy atom. The predicted octanol–water partition coefficient (Wildman–Crippen LogP) is 36.6. The van der Waals surface area contributed by atoms with Crippen molar-refractivity contribution in [3.05, 3.63) is 211 Å². The topological polar surface area (TPSA) is 0 Å². The molecule has 0 atom stereocenters. The molecule has 9 rings (SSSR count). The van der Waals surface area contributed by atoms with Crippen LogP contribution in [-0.4, -0.2) is 0 Å². The highest BCUT2D eigenvalue weighted by molar-refractivity contribution is 5.37. The van der Waals surface area contributed by atoms with E-state index < -0.39 is 0 Å². The quantitative estimate of drug-likeness (QED) is 0.0451. The molecule has 0 unspecified atom stereocenters. The molecule has 6 aromatic carbocycles. The Balaban J connectivity index is -0.000000275. The van der Waals surface area contributed by atoms with Crippen molar-refractivity contribution in [2.45, 2.75) is 428 Å². The van der Waals surface area contributed by atoms with Gasteiger partial charge in [0.2, 0.25) is 0 Å². The minimum Gasteiger partial charge on any atom is -0.0776 e. The molecule has 0 saturated heterocycles. The molecule has 618 valence electrons. The normalized spacial score (nSPS) is 16.6. The fourth-order valence-corrected chi connectivity index (χ4v) is 14.5. The van der Waals surface area contributed by atoms with Crippen LogP contribution in [0.3, 0.4) is 0 Å². The van der Waals surface area contributed by atoms with Crippen molar-refractivity contribution >= 4 is 0 Å². The molecule has 0 radical (unpaired) electrons. The lowest BCUT2D eigenvalue weighted by Crippen LogP contribution is -2.36. The highest BCUT2D eigenvalue weighted by Crippen LogP contribution is 2.49. The molecule has 0 heterocycles. The summed E-state index contributed by atoms with van der Waals surface area (Å²) in [6.45, 7) is 45.3. The van der Waals surface area contributed by atoms with E-state index >= 15 is 0 Å². The third kappa shape index (κ3) is 53.8. The third-order valence-electron chi connectivity index (χ3n) is 22.8. The Hall–Kier alpha value is -4.68. The lowest BCUT2D eigenvalue weighted by atomic mass is 9.59. The molecular formula is C107H190. The van der Waals surface area contributed by atoms with Crippen molar-refractivity contribution in [2.75, 3.05) is 0 Å². The number of rotatable bonds is 27. The summed E-state index contributed by atoms with van der Waals surface area (Å²) < 4.78 is 0. The van der Waals surface area contributed by atoms with E-state index in [4.69, 9.17) is 0 Å². The molecule has 3 aliphatic carbocycles. The first kappa shape index (κ1) is 113. The van der Waals surface area contributed by atoms with Gasteiger partial charge in [0.15, 0.2) is 0 Å². The maximum Gasteiger partial charge on any atom is -0.00256 e. The molecule has 0 bridgehead atoms. The standard InChI is InChI=1S/C17H32.C17H20.C15H22.C15H16.C14H30.C10H14.C8H18.C4H10.7CH4/c1-13-5-9-15(10-6-13)17(3,4)16-11-7-14(2)8-12-16;1-12-5-7-16(9-14(12)3)11-17-8-6-13(2)15(4)10-17;2*1-12-3-7-14(8-4-12)11-15-9-5-13(2)6-10-15;1-3-5-7-9-11-13-14-12-10-8-6-4-2;1-3-9-6-5-7-10(4-2)8-9;1-3-5-7-8-6-4-2;1-3-4-2;;;;;;;/h13-16H,5-12H2,1-4H3;5-10H,11H2,1-4H3;3-4,7-8,13,15H,5-6,9-11H2,1-2H3;3-10H,11H2,1-2H3;3-14H2,1-2H3;5-8H,3-4H2,1-2H3;3-8H2,1-2H3;3-4H2,1-2H3;7*1H4. The minimum absolute atomic E-state index is 0. The second kappa shape index (κ2) is 70.4. The first-order valence-electron chi connectivity index (χ1n) is 42.5. The van der Waals surface area contributed by atoms with Crippen molar-refractivity contribution in [2.24, 2.45) is 40.9 Å². The van der Waals surface area contributed by atoms with Crippen molar-refractivity contribution in [1.82, 2.24) is 0 Å². The van der Waals surface area contributed by atoms with Crippen LogP contribution in [0.25, 0.3) is 0 Å². The maximum absolute atomic E-state index is 2.58. The predicted molar refractivity (Wildman–Crippen MR) is 501 cm³/mol. The average Bonchev–Trinajstić information content (AvgIpc) is 0.809. The highest BCUT2D eigenvalue weighted by atomic mass is 14.4. The number of hydrogen-bond acceptors (Lipinski definition) is 0. The number of benzene rings is 6. The Labute approximate surface area is 676 Å². The van der Waals surface area contributed by atoms with Crippen LogP contribution < -0.4 is 0 Å². The van der Waals surface area contributed by atoms with Gasteiger partial charge in [-0.15, -0.1) is 0 Å². The van der Waals surface area contributed by atoms with E-state index in [9.17, 15) is 0 Å². The van der Waals surface area contributed by atoms with Crippen LogP contribution in [0.15, 0.2) is 133 Å². The van der Waals surface area contributed by atoms with Gasteiger partial charge >= 0.3 is 0 Å². The van der Waals surface area contributed by atoms with Crippen LogP contribution in [0.5, 0.6) is 0 Å². The molecule has 107 heavy (non-hydrogen) atoms. The highest BCUT2D eigenvalue weighted by Gasteiger charge is 2.39.